The predicted molar refractivity (Wildman–Crippen MR) is 121 cm³/mol. The SMILES string of the molecule is CCNC(=NCCCOCc1ccco1)NCCOc1ccc(OC)cc1.I. The molecule has 0 bridgehead atoms. The molecule has 0 saturated heterocycles. The highest BCUT2D eigenvalue weighted by atomic mass is 127. The van der Waals surface area contributed by atoms with Gasteiger partial charge in [-0.3, -0.25) is 4.99 Å². The van der Waals surface area contributed by atoms with Crippen LogP contribution in [0.1, 0.15) is 19.1 Å². The van der Waals surface area contributed by atoms with Crippen LogP contribution in [0.3, 0.4) is 0 Å². The van der Waals surface area contributed by atoms with Gasteiger partial charge in [-0.15, -0.1) is 24.0 Å². The van der Waals surface area contributed by atoms with Crippen LogP contribution in [0.4, 0.5) is 0 Å². The van der Waals surface area contributed by atoms with Crippen LogP contribution in [0, 0.1) is 0 Å². The summed E-state index contributed by atoms with van der Waals surface area (Å²) in [5.41, 5.74) is 0. The summed E-state index contributed by atoms with van der Waals surface area (Å²) in [4.78, 5) is 4.53. The van der Waals surface area contributed by atoms with Gasteiger partial charge in [-0.25, -0.2) is 0 Å². The Hall–Kier alpha value is -1.94. The summed E-state index contributed by atoms with van der Waals surface area (Å²) in [6.07, 6.45) is 2.50. The van der Waals surface area contributed by atoms with E-state index in [1.807, 2.05) is 43.3 Å². The Bertz CT molecular complexity index is 648. The van der Waals surface area contributed by atoms with E-state index in [4.69, 9.17) is 18.6 Å². The number of ether oxygens (including phenoxy) is 3. The summed E-state index contributed by atoms with van der Waals surface area (Å²) >= 11 is 0. The molecular formula is C20H30IN3O4. The lowest BCUT2D eigenvalue weighted by Gasteiger charge is -2.12. The number of aliphatic imine (C=N–C) groups is 1. The van der Waals surface area contributed by atoms with Gasteiger partial charge in [0.05, 0.1) is 19.9 Å². The predicted octanol–water partition coefficient (Wildman–Crippen LogP) is 3.45. The van der Waals surface area contributed by atoms with Crippen LogP contribution in [0.5, 0.6) is 11.5 Å². The topological polar surface area (TPSA) is 77.3 Å². The Kier molecular flexibility index (Phi) is 12.9. The minimum atomic E-state index is 0. The van der Waals surface area contributed by atoms with E-state index in [2.05, 4.69) is 15.6 Å². The third-order valence-electron chi connectivity index (χ3n) is 3.61. The molecule has 28 heavy (non-hydrogen) atoms. The number of nitrogens with zero attached hydrogens (tertiary/aromatic N) is 1. The zero-order valence-corrected chi connectivity index (χ0v) is 18.8. The Morgan fingerprint density at radius 2 is 1.86 bits per heavy atom. The van der Waals surface area contributed by atoms with Crippen molar-refractivity contribution in [2.75, 3.05) is 40.0 Å². The van der Waals surface area contributed by atoms with Gasteiger partial charge < -0.3 is 29.3 Å². The van der Waals surface area contributed by atoms with Gasteiger partial charge in [0.25, 0.3) is 0 Å². The molecule has 2 N–H and O–H groups in total. The number of furan rings is 1. The van der Waals surface area contributed by atoms with Crippen molar-refractivity contribution in [3.05, 3.63) is 48.4 Å². The summed E-state index contributed by atoms with van der Waals surface area (Å²) in [5, 5.41) is 6.48. The molecule has 0 aliphatic heterocycles. The fourth-order valence-electron chi connectivity index (χ4n) is 2.28. The molecule has 2 rings (SSSR count). The van der Waals surface area contributed by atoms with Gasteiger partial charge in [0, 0.05) is 19.7 Å². The molecule has 0 fully saturated rings. The van der Waals surface area contributed by atoms with Crippen molar-refractivity contribution in [3.63, 3.8) is 0 Å². The average Bonchev–Trinajstić information content (AvgIpc) is 3.21. The lowest BCUT2D eigenvalue weighted by Crippen LogP contribution is -2.39. The number of nitrogens with one attached hydrogen (secondary N) is 2. The van der Waals surface area contributed by atoms with Crippen molar-refractivity contribution in [2.24, 2.45) is 4.99 Å². The van der Waals surface area contributed by atoms with Crippen LogP contribution in [0.2, 0.25) is 0 Å². The summed E-state index contributed by atoms with van der Waals surface area (Å²) < 4.78 is 21.6. The Morgan fingerprint density at radius 1 is 1.07 bits per heavy atom. The molecule has 0 amide bonds. The molecule has 0 aliphatic carbocycles. The van der Waals surface area contributed by atoms with Crippen LogP contribution < -0.4 is 20.1 Å². The molecule has 0 aliphatic rings. The first-order valence-corrected chi connectivity index (χ1v) is 9.21. The van der Waals surface area contributed by atoms with E-state index in [0.717, 1.165) is 36.2 Å². The van der Waals surface area contributed by atoms with Gasteiger partial charge >= 0.3 is 0 Å². The Morgan fingerprint density at radius 3 is 2.54 bits per heavy atom. The van der Waals surface area contributed by atoms with Crippen molar-refractivity contribution in [3.8, 4) is 11.5 Å². The maximum absolute atomic E-state index is 5.70. The largest absolute Gasteiger partial charge is 0.497 e. The maximum atomic E-state index is 5.70. The van der Waals surface area contributed by atoms with Crippen molar-refractivity contribution in [1.29, 1.82) is 0 Å². The molecule has 0 spiro atoms. The van der Waals surface area contributed by atoms with E-state index >= 15 is 0 Å². The van der Waals surface area contributed by atoms with Gasteiger partial charge in [0.2, 0.25) is 0 Å². The van der Waals surface area contributed by atoms with Gasteiger partial charge in [-0.2, -0.15) is 0 Å². The number of hydrogen-bond donors (Lipinski definition) is 2. The van der Waals surface area contributed by atoms with E-state index < -0.39 is 0 Å². The highest BCUT2D eigenvalue weighted by molar-refractivity contribution is 14.0. The highest BCUT2D eigenvalue weighted by Gasteiger charge is 1.99. The smallest absolute Gasteiger partial charge is 0.191 e. The molecule has 1 aromatic heterocycles. The van der Waals surface area contributed by atoms with E-state index in [1.54, 1.807) is 13.4 Å². The monoisotopic (exact) mass is 503 g/mol. The third kappa shape index (κ3) is 9.84. The van der Waals surface area contributed by atoms with E-state index in [0.29, 0.717) is 32.9 Å². The van der Waals surface area contributed by atoms with Crippen molar-refractivity contribution in [1.82, 2.24) is 10.6 Å². The van der Waals surface area contributed by atoms with Crippen molar-refractivity contribution >= 4 is 29.9 Å². The zero-order chi connectivity index (χ0) is 19.2. The zero-order valence-electron chi connectivity index (χ0n) is 16.5. The number of guanidine groups is 1. The fourth-order valence-corrected chi connectivity index (χ4v) is 2.28. The second-order valence-electron chi connectivity index (χ2n) is 5.70. The minimum absolute atomic E-state index is 0. The number of halogens is 1. The lowest BCUT2D eigenvalue weighted by atomic mass is 10.3. The molecule has 7 nitrogen and oxygen atoms in total. The van der Waals surface area contributed by atoms with Crippen molar-refractivity contribution in [2.45, 2.75) is 20.0 Å². The molecule has 1 aromatic carbocycles. The van der Waals surface area contributed by atoms with Crippen LogP contribution in [0.25, 0.3) is 0 Å². The van der Waals surface area contributed by atoms with Crippen LogP contribution >= 0.6 is 24.0 Å². The number of benzene rings is 1. The quantitative estimate of drug-likeness (QED) is 0.200. The van der Waals surface area contributed by atoms with Gasteiger partial charge in [0.1, 0.15) is 30.5 Å². The first-order valence-electron chi connectivity index (χ1n) is 9.21. The number of rotatable bonds is 12. The summed E-state index contributed by atoms with van der Waals surface area (Å²) in [7, 11) is 1.65. The molecule has 0 unspecified atom stereocenters. The summed E-state index contributed by atoms with van der Waals surface area (Å²) in [6, 6.07) is 11.3. The molecule has 8 heteroatoms. The number of methoxy groups -OCH3 is 1. The molecule has 0 atom stereocenters. The first kappa shape index (κ1) is 24.1. The second kappa shape index (κ2) is 15.0. The maximum Gasteiger partial charge on any atom is 0.191 e. The summed E-state index contributed by atoms with van der Waals surface area (Å²) in [6.45, 7) is 5.88. The lowest BCUT2D eigenvalue weighted by molar-refractivity contribution is 0.105. The minimum Gasteiger partial charge on any atom is -0.497 e. The molecule has 1 heterocycles. The van der Waals surface area contributed by atoms with E-state index in [1.165, 1.54) is 0 Å². The van der Waals surface area contributed by atoms with Crippen LogP contribution in [0.15, 0.2) is 52.1 Å². The standard InChI is InChI=1S/C20H29N3O4.HI/c1-3-21-20(22-11-5-13-25-16-19-6-4-14-26-19)23-12-15-27-18-9-7-17(24-2)8-10-18;/h4,6-10,14H,3,5,11-13,15-16H2,1-2H3,(H2,21,22,23);1H. The normalized spacial score (nSPS) is 10.9. The van der Waals surface area contributed by atoms with Crippen LogP contribution in [-0.4, -0.2) is 45.9 Å². The van der Waals surface area contributed by atoms with E-state index in [9.17, 15) is 0 Å². The average molecular weight is 503 g/mol. The molecule has 2 aromatic rings. The van der Waals surface area contributed by atoms with Crippen LogP contribution in [-0.2, 0) is 11.3 Å². The third-order valence-corrected chi connectivity index (χ3v) is 3.61. The molecule has 156 valence electrons. The molecule has 0 saturated carbocycles. The van der Waals surface area contributed by atoms with Crippen molar-refractivity contribution < 1.29 is 18.6 Å². The van der Waals surface area contributed by atoms with Gasteiger partial charge in [0.15, 0.2) is 5.96 Å². The molecule has 0 radical (unpaired) electrons. The second-order valence-corrected chi connectivity index (χ2v) is 5.70. The number of hydrogen-bond acceptors (Lipinski definition) is 5. The van der Waals surface area contributed by atoms with Gasteiger partial charge in [-0.1, -0.05) is 0 Å². The highest BCUT2D eigenvalue weighted by Crippen LogP contribution is 2.16. The summed E-state index contributed by atoms with van der Waals surface area (Å²) in [5.74, 6) is 3.25. The fraction of sp³-hybridized carbons (Fsp3) is 0.450. The molecular weight excluding hydrogens is 473 g/mol. The Balaban J connectivity index is 0.00000392. The van der Waals surface area contributed by atoms with Gasteiger partial charge in [-0.05, 0) is 49.7 Å². The first-order chi connectivity index (χ1) is 13.3. The Labute approximate surface area is 183 Å². The van der Waals surface area contributed by atoms with E-state index in [-0.39, 0.29) is 24.0 Å².